The molecule has 0 aliphatic rings. The molecular formula is C20H15Cl2FN2O3S2. The summed E-state index contributed by atoms with van der Waals surface area (Å²) < 4.78 is 42.3. The molecule has 0 saturated carbocycles. The first-order valence-corrected chi connectivity index (χ1v) is 11.9. The van der Waals surface area contributed by atoms with Crippen molar-refractivity contribution in [1.29, 1.82) is 0 Å². The summed E-state index contributed by atoms with van der Waals surface area (Å²) in [4.78, 5) is 12.8. The molecule has 3 aromatic rings. The van der Waals surface area contributed by atoms with Gasteiger partial charge in [-0.15, -0.1) is 11.8 Å². The first-order chi connectivity index (χ1) is 14.2. The van der Waals surface area contributed by atoms with Crippen LogP contribution in [-0.4, -0.2) is 20.6 Å². The molecule has 0 radical (unpaired) electrons. The quantitative estimate of drug-likeness (QED) is 0.426. The van der Waals surface area contributed by atoms with Crippen LogP contribution in [0.2, 0.25) is 10.0 Å². The van der Waals surface area contributed by atoms with E-state index in [4.69, 9.17) is 23.2 Å². The summed E-state index contributed by atoms with van der Waals surface area (Å²) in [5.41, 5.74) is 0.308. The number of carbonyl (C=O) groups excluding carboxylic acids is 1. The molecule has 0 atom stereocenters. The second kappa shape index (κ2) is 9.26. The predicted molar refractivity (Wildman–Crippen MR) is 120 cm³/mol. The highest BCUT2D eigenvalue weighted by Gasteiger charge is 2.19. The minimum atomic E-state index is -4.03. The fourth-order valence-corrected chi connectivity index (χ4v) is 4.76. The summed E-state index contributed by atoms with van der Waals surface area (Å²) in [6.07, 6.45) is 1.82. The molecule has 1 amide bonds. The van der Waals surface area contributed by atoms with E-state index in [2.05, 4.69) is 10.0 Å². The van der Waals surface area contributed by atoms with Gasteiger partial charge in [-0.1, -0.05) is 35.3 Å². The number of benzene rings is 3. The molecule has 0 aliphatic carbocycles. The second-order valence-electron chi connectivity index (χ2n) is 6.03. The fraction of sp³-hybridized carbons (Fsp3) is 0.0500. The topological polar surface area (TPSA) is 75.3 Å². The molecule has 2 N–H and O–H groups in total. The molecule has 0 aromatic heterocycles. The highest BCUT2D eigenvalue weighted by molar-refractivity contribution is 7.99. The van der Waals surface area contributed by atoms with Crippen LogP contribution in [0.5, 0.6) is 0 Å². The first-order valence-electron chi connectivity index (χ1n) is 8.43. The zero-order valence-corrected chi connectivity index (χ0v) is 18.6. The smallest absolute Gasteiger partial charge is 0.262 e. The van der Waals surface area contributed by atoms with Gasteiger partial charge in [-0.2, -0.15) is 0 Å². The third kappa shape index (κ3) is 5.07. The lowest BCUT2D eigenvalue weighted by atomic mass is 10.2. The summed E-state index contributed by atoms with van der Waals surface area (Å²) in [6, 6.07) is 14.3. The second-order valence-corrected chi connectivity index (χ2v) is 9.40. The molecule has 0 spiro atoms. The van der Waals surface area contributed by atoms with Gasteiger partial charge in [0.25, 0.3) is 15.9 Å². The average Bonchev–Trinajstić information content (AvgIpc) is 2.69. The Bertz CT molecular complexity index is 1220. The van der Waals surface area contributed by atoms with E-state index >= 15 is 0 Å². The lowest BCUT2D eigenvalue weighted by Crippen LogP contribution is -2.16. The van der Waals surface area contributed by atoms with Crippen LogP contribution < -0.4 is 10.0 Å². The van der Waals surface area contributed by atoms with Gasteiger partial charge in [0.1, 0.15) is 5.82 Å². The Morgan fingerprint density at radius 1 is 1.00 bits per heavy atom. The summed E-state index contributed by atoms with van der Waals surface area (Å²) in [5.74, 6) is -1.56. The van der Waals surface area contributed by atoms with Gasteiger partial charge in [-0.3, -0.25) is 9.52 Å². The number of hydrogen-bond donors (Lipinski definition) is 2. The van der Waals surface area contributed by atoms with Crippen molar-refractivity contribution in [3.05, 3.63) is 82.1 Å². The van der Waals surface area contributed by atoms with Crippen molar-refractivity contribution in [2.45, 2.75) is 9.79 Å². The van der Waals surface area contributed by atoms with Crippen molar-refractivity contribution in [2.75, 3.05) is 16.3 Å². The SMILES string of the molecule is CSc1ccccc1NS(=O)(=O)c1ccc(NC(=O)c2ccc(Cl)cc2Cl)c(F)c1. The highest BCUT2D eigenvalue weighted by atomic mass is 35.5. The van der Waals surface area contributed by atoms with E-state index < -0.39 is 21.7 Å². The molecule has 0 bridgehead atoms. The number of hydrogen-bond acceptors (Lipinski definition) is 4. The number of halogens is 3. The summed E-state index contributed by atoms with van der Waals surface area (Å²) in [6.45, 7) is 0. The largest absolute Gasteiger partial charge is 0.319 e. The van der Waals surface area contributed by atoms with Gasteiger partial charge in [-0.25, -0.2) is 12.8 Å². The van der Waals surface area contributed by atoms with E-state index in [-0.39, 0.29) is 21.2 Å². The molecule has 5 nitrogen and oxygen atoms in total. The monoisotopic (exact) mass is 484 g/mol. The number of carbonyl (C=O) groups is 1. The maximum atomic E-state index is 14.5. The normalized spacial score (nSPS) is 11.2. The fourth-order valence-electron chi connectivity index (χ4n) is 2.56. The number of rotatable bonds is 6. The van der Waals surface area contributed by atoms with Crippen molar-refractivity contribution in [2.24, 2.45) is 0 Å². The number of sulfonamides is 1. The maximum Gasteiger partial charge on any atom is 0.262 e. The minimum absolute atomic E-state index is 0.104. The number of para-hydroxylation sites is 1. The van der Waals surface area contributed by atoms with Crippen molar-refractivity contribution in [1.82, 2.24) is 0 Å². The van der Waals surface area contributed by atoms with E-state index in [0.717, 1.165) is 11.0 Å². The van der Waals surface area contributed by atoms with Crippen LogP contribution in [0.25, 0.3) is 0 Å². The van der Waals surface area contributed by atoms with Crippen molar-refractivity contribution in [3.63, 3.8) is 0 Å². The van der Waals surface area contributed by atoms with Gasteiger partial charge in [0, 0.05) is 9.92 Å². The summed E-state index contributed by atoms with van der Waals surface area (Å²) >= 11 is 13.2. The van der Waals surface area contributed by atoms with E-state index in [9.17, 15) is 17.6 Å². The van der Waals surface area contributed by atoms with Crippen LogP contribution in [-0.2, 0) is 10.0 Å². The van der Waals surface area contributed by atoms with E-state index in [1.54, 1.807) is 24.3 Å². The third-order valence-corrected chi connectivity index (χ3v) is 6.73. The van der Waals surface area contributed by atoms with Crippen LogP contribution in [0.4, 0.5) is 15.8 Å². The lowest BCUT2D eigenvalue weighted by molar-refractivity contribution is 0.102. The zero-order chi connectivity index (χ0) is 21.9. The summed E-state index contributed by atoms with van der Waals surface area (Å²) in [5, 5.41) is 2.84. The van der Waals surface area contributed by atoms with Crippen molar-refractivity contribution >= 4 is 62.3 Å². The molecule has 0 unspecified atom stereocenters. The zero-order valence-electron chi connectivity index (χ0n) is 15.4. The van der Waals surface area contributed by atoms with Gasteiger partial charge < -0.3 is 5.32 Å². The van der Waals surface area contributed by atoms with Crippen LogP contribution in [0, 0.1) is 5.82 Å². The minimum Gasteiger partial charge on any atom is -0.319 e. The van der Waals surface area contributed by atoms with Crippen molar-refractivity contribution in [3.8, 4) is 0 Å². The van der Waals surface area contributed by atoms with Gasteiger partial charge in [0.15, 0.2) is 0 Å². The standard InChI is InChI=1S/C20H15Cl2FN2O3S2/c1-29-19-5-3-2-4-18(19)25-30(27,28)13-7-9-17(16(23)11-13)24-20(26)14-8-6-12(21)10-15(14)22/h2-11,25H,1H3,(H,24,26). The van der Waals surface area contributed by atoms with Gasteiger partial charge >= 0.3 is 0 Å². The van der Waals surface area contributed by atoms with E-state index in [1.165, 1.54) is 42.1 Å². The molecule has 3 rings (SSSR count). The van der Waals surface area contributed by atoms with Gasteiger partial charge in [0.05, 0.1) is 26.9 Å². The molecule has 0 heterocycles. The average molecular weight is 485 g/mol. The van der Waals surface area contributed by atoms with Gasteiger partial charge in [0.2, 0.25) is 0 Å². The van der Waals surface area contributed by atoms with Crippen LogP contribution in [0.15, 0.2) is 70.5 Å². The molecule has 156 valence electrons. The summed E-state index contributed by atoms with van der Waals surface area (Å²) in [7, 11) is -4.03. The Kier molecular flexibility index (Phi) is 6.92. The van der Waals surface area contributed by atoms with Crippen LogP contribution in [0.3, 0.4) is 0 Å². The Morgan fingerprint density at radius 2 is 1.73 bits per heavy atom. The molecule has 0 saturated heterocycles. The van der Waals surface area contributed by atoms with E-state index in [0.29, 0.717) is 10.7 Å². The molecule has 0 fully saturated rings. The Balaban J connectivity index is 1.83. The first kappa shape index (κ1) is 22.4. The molecule has 30 heavy (non-hydrogen) atoms. The third-order valence-electron chi connectivity index (χ3n) is 4.03. The molecule has 10 heteroatoms. The molecule has 3 aromatic carbocycles. The number of amides is 1. The maximum absolute atomic E-state index is 14.5. The number of thioether (sulfide) groups is 1. The molecule has 0 aliphatic heterocycles. The van der Waals surface area contributed by atoms with Crippen LogP contribution >= 0.6 is 35.0 Å². The molecular weight excluding hydrogens is 470 g/mol. The van der Waals surface area contributed by atoms with Crippen LogP contribution in [0.1, 0.15) is 10.4 Å². The predicted octanol–water partition coefficient (Wildman–Crippen LogP) is 5.91. The van der Waals surface area contributed by atoms with Crippen molar-refractivity contribution < 1.29 is 17.6 Å². The van der Waals surface area contributed by atoms with E-state index in [1.807, 2.05) is 6.26 Å². The van der Waals surface area contributed by atoms with Gasteiger partial charge in [-0.05, 0) is 54.8 Å². The Hall–Kier alpha value is -2.26. The Morgan fingerprint density at radius 3 is 2.40 bits per heavy atom. The highest BCUT2D eigenvalue weighted by Crippen LogP contribution is 2.28. The number of nitrogens with one attached hydrogen (secondary N) is 2. The number of anilines is 2. The Labute approximate surface area is 187 Å². The lowest BCUT2D eigenvalue weighted by Gasteiger charge is -2.13.